The van der Waals surface area contributed by atoms with Crippen LogP contribution >= 0.6 is 0 Å². The molecular weight excluding hydrogens is 370 g/mol. The van der Waals surface area contributed by atoms with Crippen molar-refractivity contribution in [3.63, 3.8) is 0 Å². The number of aromatic nitrogens is 2. The largest absolute Gasteiger partial charge is 0.369 e. The van der Waals surface area contributed by atoms with Crippen molar-refractivity contribution in [2.45, 2.75) is 32.6 Å². The van der Waals surface area contributed by atoms with Crippen molar-refractivity contribution in [2.75, 3.05) is 37.2 Å². The number of benzene rings is 2. The molecule has 1 aliphatic rings. The highest BCUT2D eigenvalue weighted by Crippen LogP contribution is 2.30. The van der Waals surface area contributed by atoms with Crippen molar-refractivity contribution in [1.82, 2.24) is 14.9 Å². The molecule has 1 fully saturated rings. The van der Waals surface area contributed by atoms with Crippen LogP contribution in [0.5, 0.6) is 0 Å². The highest BCUT2D eigenvalue weighted by molar-refractivity contribution is 5.79. The summed E-state index contributed by atoms with van der Waals surface area (Å²) < 4.78 is 0. The molecule has 0 aliphatic carbocycles. The van der Waals surface area contributed by atoms with Gasteiger partial charge < -0.3 is 16.0 Å². The molecule has 0 spiro atoms. The van der Waals surface area contributed by atoms with Crippen molar-refractivity contribution >= 4 is 11.8 Å². The Morgan fingerprint density at radius 2 is 1.70 bits per heavy atom. The van der Waals surface area contributed by atoms with E-state index in [2.05, 4.69) is 75.6 Å². The molecule has 0 bridgehead atoms. The number of hydrogen-bond acceptors (Lipinski definition) is 5. The van der Waals surface area contributed by atoms with Gasteiger partial charge in [-0.05, 0) is 68.6 Å². The zero-order valence-electron chi connectivity index (χ0n) is 17.8. The Balaban J connectivity index is 1.49. The Hall–Kier alpha value is -2.92. The van der Waals surface area contributed by atoms with Gasteiger partial charge in [-0.25, -0.2) is 4.98 Å². The molecule has 2 heterocycles. The number of aryl methyl sites for hydroxylation is 1. The van der Waals surface area contributed by atoms with Crippen LogP contribution in [0.25, 0.3) is 22.3 Å². The lowest BCUT2D eigenvalue weighted by Crippen LogP contribution is -2.31. The number of hydrogen-bond donors (Lipinski definition) is 2. The summed E-state index contributed by atoms with van der Waals surface area (Å²) in [5.41, 5.74) is 11.6. The SMILES string of the molecule is Cc1cccc(-c2cccc(-c3cnc(N)nc3NCCCN3CCCCC3)c2)c1. The summed E-state index contributed by atoms with van der Waals surface area (Å²) in [7, 11) is 0. The molecule has 156 valence electrons. The predicted molar refractivity (Wildman–Crippen MR) is 125 cm³/mol. The Bertz CT molecular complexity index is 979. The van der Waals surface area contributed by atoms with Gasteiger partial charge in [-0.3, -0.25) is 0 Å². The van der Waals surface area contributed by atoms with Crippen molar-refractivity contribution in [1.29, 1.82) is 0 Å². The molecular formula is C25H31N5. The minimum Gasteiger partial charge on any atom is -0.369 e. The molecule has 3 aromatic rings. The molecule has 1 saturated heterocycles. The minimum absolute atomic E-state index is 0.298. The first kappa shape index (κ1) is 20.4. The molecule has 0 unspecified atom stereocenters. The molecule has 0 radical (unpaired) electrons. The third-order valence-electron chi connectivity index (χ3n) is 5.72. The van der Waals surface area contributed by atoms with E-state index in [-0.39, 0.29) is 0 Å². The first-order valence-electron chi connectivity index (χ1n) is 11.0. The molecule has 5 nitrogen and oxygen atoms in total. The number of anilines is 2. The maximum Gasteiger partial charge on any atom is 0.221 e. The van der Waals surface area contributed by atoms with Gasteiger partial charge in [-0.2, -0.15) is 4.98 Å². The number of nitrogens with two attached hydrogens (primary N) is 1. The van der Waals surface area contributed by atoms with Gasteiger partial charge in [0, 0.05) is 18.3 Å². The van der Waals surface area contributed by atoms with Gasteiger partial charge in [0.25, 0.3) is 0 Å². The average Bonchev–Trinajstić information content (AvgIpc) is 2.78. The zero-order valence-corrected chi connectivity index (χ0v) is 17.8. The molecule has 5 heteroatoms. The second-order valence-corrected chi connectivity index (χ2v) is 8.12. The molecule has 2 aromatic carbocycles. The third-order valence-corrected chi connectivity index (χ3v) is 5.72. The van der Waals surface area contributed by atoms with Gasteiger partial charge in [0.15, 0.2) is 0 Å². The molecule has 1 aliphatic heterocycles. The van der Waals surface area contributed by atoms with Crippen LogP contribution in [0.3, 0.4) is 0 Å². The molecule has 3 N–H and O–H groups in total. The summed E-state index contributed by atoms with van der Waals surface area (Å²) in [6, 6.07) is 17.1. The Kier molecular flexibility index (Phi) is 6.60. The van der Waals surface area contributed by atoms with Crippen LogP contribution in [0.2, 0.25) is 0 Å². The van der Waals surface area contributed by atoms with Crippen LogP contribution in [0.15, 0.2) is 54.7 Å². The van der Waals surface area contributed by atoms with E-state index in [1.807, 2.05) is 6.20 Å². The molecule has 0 saturated carbocycles. The summed E-state index contributed by atoms with van der Waals surface area (Å²) in [6.07, 6.45) is 6.95. The maximum atomic E-state index is 5.89. The Labute approximate surface area is 179 Å². The summed E-state index contributed by atoms with van der Waals surface area (Å²) in [5.74, 6) is 1.11. The van der Waals surface area contributed by atoms with Crippen molar-refractivity contribution in [3.05, 3.63) is 60.3 Å². The van der Waals surface area contributed by atoms with Gasteiger partial charge in [0.05, 0.1) is 0 Å². The monoisotopic (exact) mass is 401 g/mol. The Morgan fingerprint density at radius 1 is 0.967 bits per heavy atom. The topological polar surface area (TPSA) is 67.1 Å². The quantitative estimate of drug-likeness (QED) is 0.546. The number of rotatable bonds is 7. The van der Waals surface area contributed by atoms with Crippen LogP contribution < -0.4 is 11.1 Å². The second-order valence-electron chi connectivity index (χ2n) is 8.12. The lowest BCUT2D eigenvalue weighted by atomic mass is 9.99. The third kappa shape index (κ3) is 5.16. The van der Waals surface area contributed by atoms with E-state index in [9.17, 15) is 0 Å². The normalized spacial score (nSPS) is 14.6. The number of nitrogens with one attached hydrogen (secondary N) is 1. The van der Waals surface area contributed by atoms with Crippen LogP contribution in [-0.4, -0.2) is 41.0 Å². The van der Waals surface area contributed by atoms with E-state index in [0.29, 0.717) is 5.95 Å². The number of nitrogen functional groups attached to an aromatic ring is 1. The Morgan fingerprint density at radius 3 is 2.50 bits per heavy atom. The van der Waals surface area contributed by atoms with Gasteiger partial charge in [0.1, 0.15) is 5.82 Å². The summed E-state index contributed by atoms with van der Waals surface area (Å²) in [6.45, 7) is 6.59. The predicted octanol–water partition coefficient (Wildman–Crippen LogP) is 4.99. The smallest absolute Gasteiger partial charge is 0.221 e. The fraction of sp³-hybridized carbons (Fsp3) is 0.360. The van der Waals surface area contributed by atoms with Crippen LogP contribution in [-0.2, 0) is 0 Å². The van der Waals surface area contributed by atoms with Crippen LogP contribution in [0.4, 0.5) is 11.8 Å². The highest BCUT2D eigenvalue weighted by atomic mass is 15.1. The van der Waals surface area contributed by atoms with Crippen LogP contribution in [0.1, 0.15) is 31.2 Å². The van der Waals surface area contributed by atoms with Gasteiger partial charge in [-0.15, -0.1) is 0 Å². The number of likely N-dealkylation sites (tertiary alicyclic amines) is 1. The van der Waals surface area contributed by atoms with Gasteiger partial charge >= 0.3 is 0 Å². The van der Waals surface area contributed by atoms with Crippen LogP contribution in [0, 0.1) is 6.92 Å². The molecule has 4 rings (SSSR count). The number of piperidine rings is 1. The van der Waals surface area contributed by atoms with E-state index < -0.39 is 0 Å². The first-order chi connectivity index (χ1) is 14.7. The van der Waals surface area contributed by atoms with Crippen molar-refractivity contribution in [2.24, 2.45) is 0 Å². The average molecular weight is 402 g/mol. The van der Waals surface area contributed by atoms with E-state index in [4.69, 9.17) is 5.73 Å². The second kappa shape index (κ2) is 9.72. The van der Waals surface area contributed by atoms with Gasteiger partial charge in [0.2, 0.25) is 5.95 Å². The number of nitrogens with zero attached hydrogens (tertiary/aromatic N) is 3. The minimum atomic E-state index is 0.298. The summed E-state index contributed by atoms with van der Waals surface area (Å²) in [5, 5.41) is 3.50. The zero-order chi connectivity index (χ0) is 20.8. The summed E-state index contributed by atoms with van der Waals surface area (Å²) in [4.78, 5) is 11.3. The van der Waals surface area contributed by atoms with E-state index in [1.165, 1.54) is 49.0 Å². The molecule has 1 aromatic heterocycles. The van der Waals surface area contributed by atoms with E-state index in [1.54, 1.807) is 0 Å². The van der Waals surface area contributed by atoms with Crippen molar-refractivity contribution < 1.29 is 0 Å². The molecule has 0 amide bonds. The fourth-order valence-electron chi connectivity index (χ4n) is 4.12. The molecule has 0 atom stereocenters. The van der Waals surface area contributed by atoms with E-state index in [0.717, 1.165) is 36.5 Å². The van der Waals surface area contributed by atoms with Crippen molar-refractivity contribution in [3.8, 4) is 22.3 Å². The first-order valence-corrected chi connectivity index (χ1v) is 11.0. The summed E-state index contributed by atoms with van der Waals surface area (Å²) >= 11 is 0. The highest BCUT2D eigenvalue weighted by Gasteiger charge is 2.12. The molecule has 30 heavy (non-hydrogen) atoms. The van der Waals surface area contributed by atoms with E-state index >= 15 is 0 Å². The van der Waals surface area contributed by atoms with Gasteiger partial charge in [-0.1, -0.05) is 54.4 Å². The standard InChI is InChI=1S/C25H31N5/c1-19-8-5-9-20(16-19)21-10-6-11-22(17-21)23-18-28-25(26)29-24(23)27-12-7-15-30-13-3-2-4-14-30/h5-6,8-11,16-18H,2-4,7,12-15H2,1H3,(H3,26,27,28,29). The lowest BCUT2D eigenvalue weighted by molar-refractivity contribution is 0.228. The maximum absolute atomic E-state index is 5.89. The fourth-order valence-corrected chi connectivity index (χ4v) is 4.12. The lowest BCUT2D eigenvalue weighted by Gasteiger charge is -2.26.